The van der Waals surface area contributed by atoms with Crippen molar-refractivity contribution in [1.29, 1.82) is 0 Å². The minimum absolute atomic E-state index is 0.224. The summed E-state index contributed by atoms with van der Waals surface area (Å²) in [6.45, 7) is 0.670. The number of carbonyl (C=O) groups is 3. The quantitative estimate of drug-likeness (QED) is 0.649. The van der Waals surface area contributed by atoms with Crippen molar-refractivity contribution in [2.75, 3.05) is 19.8 Å². The van der Waals surface area contributed by atoms with Gasteiger partial charge in [-0.2, -0.15) is 0 Å². The lowest BCUT2D eigenvalue weighted by atomic mass is 10.1. The molecule has 0 saturated carbocycles. The smallest absolute Gasteiger partial charge is 0.338 e. The van der Waals surface area contributed by atoms with E-state index in [-0.39, 0.29) is 16.9 Å². The second-order valence-corrected chi connectivity index (χ2v) is 5.65. The number of esters is 1. The van der Waals surface area contributed by atoms with Crippen molar-refractivity contribution in [3.05, 3.63) is 59.2 Å². The lowest BCUT2D eigenvalue weighted by molar-refractivity contribution is 0.0474. The first-order valence-corrected chi connectivity index (χ1v) is 8.04. The molecule has 0 aliphatic carbocycles. The highest BCUT2D eigenvalue weighted by molar-refractivity contribution is 6.00. The molecule has 2 N–H and O–H groups in total. The highest BCUT2D eigenvalue weighted by Gasteiger charge is 2.16. The summed E-state index contributed by atoms with van der Waals surface area (Å²) in [4.78, 5) is 35.3. The van der Waals surface area contributed by atoms with Crippen LogP contribution >= 0.6 is 0 Å². The van der Waals surface area contributed by atoms with Crippen LogP contribution in [0.2, 0.25) is 0 Å². The number of ether oxygens (including phenoxy) is 3. The first-order valence-electron chi connectivity index (χ1n) is 8.04. The minimum Gasteiger partial charge on any atom is -0.490 e. The Morgan fingerprint density at radius 3 is 2.19 bits per heavy atom. The molecule has 0 radical (unpaired) electrons. The number of hydrogen-bond donors (Lipinski definition) is 1. The topological polar surface area (TPSA) is 105 Å². The molecule has 0 saturated heterocycles. The standard InChI is InChI=1S/C19H17NO6/c20-18(22)12-2-4-13(5-3-12)19(23)26-11-15(21)14-6-7-16-17(10-14)25-9-1-8-24-16/h2-7,10H,1,8-9,11H2,(H2,20,22). The van der Waals surface area contributed by atoms with E-state index < -0.39 is 18.5 Å². The Balaban J connectivity index is 1.62. The Hall–Kier alpha value is -3.35. The van der Waals surface area contributed by atoms with Crippen molar-refractivity contribution in [2.24, 2.45) is 5.73 Å². The highest BCUT2D eigenvalue weighted by atomic mass is 16.5. The third kappa shape index (κ3) is 4.00. The van der Waals surface area contributed by atoms with Crippen molar-refractivity contribution in [3.63, 3.8) is 0 Å². The summed E-state index contributed by atoms with van der Waals surface area (Å²) in [5, 5.41) is 0. The Bertz CT molecular complexity index is 844. The Labute approximate surface area is 149 Å². The molecule has 1 amide bonds. The molecule has 1 aliphatic heterocycles. The molecule has 3 rings (SSSR count). The summed E-state index contributed by atoms with van der Waals surface area (Å²) >= 11 is 0. The number of benzene rings is 2. The van der Waals surface area contributed by atoms with Gasteiger partial charge >= 0.3 is 5.97 Å². The van der Waals surface area contributed by atoms with Gasteiger partial charge in [0.25, 0.3) is 0 Å². The SMILES string of the molecule is NC(=O)c1ccc(C(=O)OCC(=O)c2ccc3c(c2)OCCCO3)cc1. The third-order valence-corrected chi connectivity index (χ3v) is 3.81. The fraction of sp³-hybridized carbons (Fsp3) is 0.211. The van der Waals surface area contributed by atoms with E-state index in [1.807, 2.05) is 0 Å². The average molecular weight is 355 g/mol. The summed E-state index contributed by atoms with van der Waals surface area (Å²) in [6.07, 6.45) is 0.768. The molecule has 7 heteroatoms. The van der Waals surface area contributed by atoms with E-state index in [0.29, 0.717) is 30.3 Å². The molecule has 1 aliphatic rings. The van der Waals surface area contributed by atoms with Crippen molar-refractivity contribution in [1.82, 2.24) is 0 Å². The molecule has 0 unspecified atom stereocenters. The summed E-state index contributed by atoms with van der Waals surface area (Å²) in [7, 11) is 0. The molecular weight excluding hydrogens is 338 g/mol. The van der Waals surface area contributed by atoms with Gasteiger partial charge in [0.05, 0.1) is 18.8 Å². The van der Waals surface area contributed by atoms with Crippen LogP contribution in [0.15, 0.2) is 42.5 Å². The number of fused-ring (bicyclic) bond motifs is 1. The number of Topliss-reactive ketones (excluding diaryl/α,β-unsaturated/α-hetero) is 1. The summed E-state index contributed by atoms with van der Waals surface area (Å²) < 4.78 is 16.1. The van der Waals surface area contributed by atoms with Gasteiger partial charge in [0.15, 0.2) is 23.9 Å². The zero-order chi connectivity index (χ0) is 18.5. The molecule has 0 spiro atoms. The maximum absolute atomic E-state index is 12.3. The second-order valence-electron chi connectivity index (χ2n) is 5.65. The molecule has 134 valence electrons. The van der Waals surface area contributed by atoms with Gasteiger partial charge in [-0.15, -0.1) is 0 Å². The van der Waals surface area contributed by atoms with Crippen molar-refractivity contribution in [2.45, 2.75) is 6.42 Å². The van der Waals surface area contributed by atoms with Crippen molar-refractivity contribution >= 4 is 17.7 Å². The van der Waals surface area contributed by atoms with Crippen LogP contribution in [-0.2, 0) is 4.74 Å². The van der Waals surface area contributed by atoms with Crippen LogP contribution in [0.4, 0.5) is 0 Å². The van der Waals surface area contributed by atoms with E-state index in [9.17, 15) is 14.4 Å². The largest absolute Gasteiger partial charge is 0.490 e. The van der Waals surface area contributed by atoms with Crippen LogP contribution < -0.4 is 15.2 Å². The number of rotatable bonds is 5. The molecule has 7 nitrogen and oxygen atoms in total. The number of amides is 1. The maximum atomic E-state index is 12.3. The van der Waals surface area contributed by atoms with Gasteiger partial charge in [0.1, 0.15) is 0 Å². The zero-order valence-corrected chi connectivity index (χ0v) is 13.9. The predicted molar refractivity (Wildman–Crippen MR) is 91.6 cm³/mol. The van der Waals surface area contributed by atoms with Crippen molar-refractivity contribution < 1.29 is 28.6 Å². The Morgan fingerprint density at radius 1 is 0.885 bits per heavy atom. The Kier molecular flexibility index (Phi) is 5.17. The van der Waals surface area contributed by atoms with E-state index in [1.165, 1.54) is 24.3 Å². The highest BCUT2D eigenvalue weighted by Crippen LogP contribution is 2.30. The fourth-order valence-corrected chi connectivity index (χ4v) is 2.41. The maximum Gasteiger partial charge on any atom is 0.338 e. The van der Waals surface area contributed by atoms with Gasteiger partial charge in [-0.3, -0.25) is 9.59 Å². The minimum atomic E-state index is -0.663. The fourth-order valence-electron chi connectivity index (χ4n) is 2.41. The summed E-state index contributed by atoms with van der Waals surface area (Å²) in [5.41, 5.74) is 6.01. The van der Waals surface area contributed by atoms with E-state index in [0.717, 1.165) is 6.42 Å². The van der Waals surface area contributed by atoms with Crippen LogP contribution in [0.1, 0.15) is 37.5 Å². The lowest BCUT2D eigenvalue weighted by Crippen LogP contribution is -2.15. The van der Waals surface area contributed by atoms with Gasteiger partial charge < -0.3 is 19.9 Å². The zero-order valence-electron chi connectivity index (χ0n) is 13.9. The summed E-state index contributed by atoms with van der Waals surface area (Å²) in [6, 6.07) is 10.5. The van der Waals surface area contributed by atoms with Gasteiger partial charge in [0, 0.05) is 17.5 Å². The van der Waals surface area contributed by atoms with Crippen LogP contribution in [0.3, 0.4) is 0 Å². The number of carbonyl (C=O) groups excluding carboxylic acids is 3. The Morgan fingerprint density at radius 2 is 1.50 bits per heavy atom. The number of hydrogen-bond acceptors (Lipinski definition) is 6. The molecule has 0 aromatic heterocycles. The number of primary amides is 1. The molecular formula is C19H17NO6. The molecule has 1 heterocycles. The molecule has 26 heavy (non-hydrogen) atoms. The van der Waals surface area contributed by atoms with Gasteiger partial charge in [0.2, 0.25) is 5.91 Å². The predicted octanol–water partition coefficient (Wildman–Crippen LogP) is 1.99. The molecule has 0 fully saturated rings. The van der Waals surface area contributed by atoms with E-state index in [2.05, 4.69) is 0 Å². The number of nitrogens with two attached hydrogens (primary N) is 1. The van der Waals surface area contributed by atoms with Crippen LogP contribution in [0.25, 0.3) is 0 Å². The third-order valence-electron chi connectivity index (χ3n) is 3.81. The molecule has 0 bridgehead atoms. The first kappa shape index (κ1) is 17.5. The number of ketones is 1. The molecule has 0 atom stereocenters. The molecule has 2 aromatic rings. The van der Waals surface area contributed by atoms with Crippen LogP contribution in [0.5, 0.6) is 11.5 Å². The summed E-state index contributed by atoms with van der Waals surface area (Å²) in [5.74, 6) is -0.520. The molecule has 2 aromatic carbocycles. The second kappa shape index (κ2) is 7.69. The van der Waals surface area contributed by atoms with E-state index in [4.69, 9.17) is 19.9 Å². The van der Waals surface area contributed by atoms with Gasteiger partial charge in [-0.1, -0.05) is 0 Å². The van der Waals surface area contributed by atoms with Crippen LogP contribution in [0, 0.1) is 0 Å². The first-order chi connectivity index (χ1) is 12.5. The van der Waals surface area contributed by atoms with Crippen LogP contribution in [-0.4, -0.2) is 37.5 Å². The average Bonchev–Trinajstić information content (AvgIpc) is 2.90. The van der Waals surface area contributed by atoms with E-state index >= 15 is 0 Å². The monoisotopic (exact) mass is 355 g/mol. The lowest BCUT2D eigenvalue weighted by Gasteiger charge is -2.09. The van der Waals surface area contributed by atoms with Gasteiger partial charge in [-0.25, -0.2) is 4.79 Å². The van der Waals surface area contributed by atoms with Crippen molar-refractivity contribution in [3.8, 4) is 11.5 Å². The van der Waals surface area contributed by atoms with E-state index in [1.54, 1.807) is 18.2 Å². The normalized spacial score (nSPS) is 12.8. The van der Waals surface area contributed by atoms with Gasteiger partial charge in [-0.05, 0) is 42.5 Å².